The third-order valence-electron chi connectivity index (χ3n) is 5.49. The van der Waals surface area contributed by atoms with Gasteiger partial charge in [-0.3, -0.25) is 4.79 Å². The smallest absolute Gasteiger partial charge is 0.368 e. The summed E-state index contributed by atoms with van der Waals surface area (Å²) in [4.78, 5) is 31.5. The number of anilines is 3. The maximum Gasteiger partial charge on any atom is 0.417 e. The average molecular weight is 526 g/mol. The van der Waals surface area contributed by atoms with Gasteiger partial charge in [-0.15, -0.1) is 0 Å². The molecular formula is C23H20Cl2F3N5O2. The van der Waals surface area contributed by atoms with Gasteiger partial charge >= 0.3 is 12.2 Å². The normalized spacial score (nSPS) is 14.1. The van der Waals surface area contributed by atoms with E-state index in [1.165, 1.54) is 6.07 Å². The lowest BCUT2D eigenvalue weighted by atomic mass is 10.2. The number of aromatic amines is 1. The predicted octanol–water partition coefficient (Wildman–Crippen LogP) is 5.95. The van der Waals surface area contributed by atoms with Crippen LogP contribution in [0.4, 0.5) is 35.0 Å². The van der Waals surface area contributed by atoms with Crippen LogP contribution in [0.25, 0.3) is 0 Å². The van der Waals surface area contributed by atoms with E-state index in [1.807, 2.05) is 0 Å². The number of nitrogens with one attached hydrogen (secondary N) is 3. The Morgan fingerprint density at radius 3 is 2.29 bits per heavy atom. The SMILES string of the molecule is O=C(Nc1ccc(Cl)c(C(F)(F)F)c1)Nc1ccc(N2CCN(C(=O)c3ccc[nH]3)CC2)cc1Cl. The first-order chi connectivity index (χ1) is 16.6. The number of piperazine rings is 1. The van der Waals surface area contributed by atoms with Crippen molar-refractivity contribution in [2.75, 3.05) is 41.7 Å². The lowest BCUT2D eigenvalue weighted by Crippen LogP contribution is -2.48. The van der Waals surface area contributed by atoms with E-state index in [1.54, 1.807) is 41.4 Å². The Hall–Kier alpha value is -3.37. The van der Waals surface area contributed by atoms with Gasteiger partial charge in [0, 0.05) is 43.8 Å². The van der Waals surface area contributed by atoms with Crippen molar-refractivity contribution in [2.24, 2.45) is 0 Å². The van der Waals surface area contributed by atoms with E-state index in [-0.39, 0.29) is 16.6 Å². The fourth-order valence-corrected chi connectivity index (χ4v) is 4.16. The topological polar surface area (TPSA) is 80.5 Å². The molecule has 1 aliphatic heterocycles. The Bertz CT molecular complexity index is 1230. The van der Waals surface area contributed by atoms with Gasteiger partial charge in [-0.2, -0.15) is 13.2 Å². The molecule has 1 aromatic heterocycles. The first-order valence-corrected chi connectivity index (χ1v) is 11.3. The van der Waals surface area contributed by atoms with E-state index in [9.17, 15) is 22.8 Å². The van der Waals surface area contributed by atoms with Gasteiger partial charge in [0.2, 0.25) is 0 Å². The molecule has 0 saturated carbocycles. The lowest BCUT2D eigenvalue weighted by Gasteiger charge is -2.36. The van der Waals surface area contributed by atoms with Gasteiger partial charge in [0.15, 0.2) is 0 Å². The van der Waals surface area contributed by atoms with Crippen LogP contribution < -0.4 is 15.5 Å². The molecule has 3 N–H and O–H groups in total. The van der Waals surface area contributed by atoms with E-state index >= 15 is 0 Å². The minimum atomic E-state index is -4.65. The summed E-state index contributed by atoms with van der Waals surface area (Å²) < 4.78 is 39.1. The van der Waals surface area contributed by atoms with Crippen molar-refractivity contribution in [3.8, 4) is 0 Å². The number of amides is 3. The second-order valence-electron chi connectivity index (χ2n) is 7.80. The van der Waals surface area contributed by atoms with Crippen LogP contribution in [-0.4, -0.2) is 48.0 Å². The minimum Gasteiger partial charge on any atom is -0.368 e. The summed E-state index contributed by atoms with van der Waals surface area (Å²) in [5.41, 5.74) is 0.537. The quantitative estimate of drug-likeness (QED) is 0.393. The van der Waals surface area contributed by atoms with Crippen LogP contribution in [0.3, 0.4) is 0 Å². The van der Waals surface area contributed by atoms with Crippen LogP contribution in [0.5, 0.6) is 0 Å². The number of hydrogen-bond donors (Lipinski definition) is 3. The molecule has 2 aromatic carbocycles. The van der Waals surface area contributed by atoms with Crippen molar-refractivity contribution in [3.05, 3.63) is 76.0 Å². The third-order valence-corrected chi connectivity index (χ3v) is 6.13. The molecule has 0 radical (unpaired) electrons. The number of carbonyl (C=O) groups excluding carboxylic acids is 2. The number of aromatic nitrogens is 1. The van der Waals surface area contributed by atoms with E-state index in [0.717, 1.165) is 17.8 Å². The van der Waals surface area contributed by atoms with E-state index in [4.69, 9.17) is 23.2 Å². The second-order valence-corrected chi connectivity index (χ2v) is 8.61. The molecule has 7 nitrogen and oxygen atoms in total. The highest BCUT2D eigenvalue weighted by Gasteiger charge is 2.33. The van der Waals surface area contributed by atoms with Crippen LogP contribution >= 0.6 is 23.2 Å². The van der Waals surface area contributed by atoms with Crippen molar-refractivity contribution < 1.29 is 22.8 Å². The summed E-state index contributed by atoms with van der Waals surface area (Å²) in [6.07, 6.45) is -2.94. The first-order valence-electron chi connectivity index (χ1n) is 10.5. The van der Waals surface area contributed by atoms with Gasteiger partial charge in [0.05, 0.1) is 21.3 Å². The maximum atomic E-state index is 13.0. The second kappa shape index (κ2) is 10.1. The van der Waals surface area contributed by atoms with Gasteiger partial charge in [-0.25, -0.2) is 4.79 Å². The number of nitrogens with zero attached hydrogens (tertiary/aromatic N) is 2. The predicted molar refractivity (Wildman–Crippen MR) is 129 cm³/mol. The van der Waals surface area contributed by atoms with E-state index in [2.05, 4.69) is 20.5 Å². The van der Waals surface area contributed by atoms with Crippen molar-refractivity contribution in [3.63, 3.8) is 0 Å². The first kappa shape index (κ1) is 24.7. The zero-order valence-electron chi connectivity index (χ0n) is 18.1. The van der Waals surface area contributed by atoms with Gasteiger partial charge in [0.25, 0.3) is 5.91 Å². The molecule has 0 unspecified atom stereocenters. The number of halogens is 5. The molecular weight excluding hydrogens is 506 g/mol. The van der Waals surface area contributed by atoms with Crippen molar-refractivity contribution >= 4 is 52.2 Å². The Morgan fingerprint density at radius 2 is 1.66 bits per heavy atom. The molecule has 1 saturated heterocycles. The number of H-pyrrole nitrogens is 1. The molecule has 0 spiro atoms. The largest absolute Gasteiger partial charge is 0.417 e. The highest BCUT2D eigenvalue weighted by atomic mass is 35.5. The Balaban J connectivity index is 1.36. The molecule has 1 aliphatic rings. The maximum absolute atomic E-state index is 13.0. The lowest BCUT2D eigenvalue weighted by molar-refractivity contribution is -0.137. The van der Waals surface area contributed by atoms with Crippen LogP contribution in [-0.2, 0) is 6.18 Å². The number of benzene rings is 2. The molecule has 35 heavy (non-hydrogen) atoms. The highest BCUT2D eigenvalue weighted by Crippen LogP contribution is 2.36. The monoisotopic (exact) mass is 525 g/mol. The van der Waals surface area contributed by atoms with Crippen molar-refractivity contribution in [1.82, 2.24) is 9.88 Å². The van der Waals surface area contributed by atoms with E-state index in [0.29, 0.717) is 37.6 Å². The molecule has 0 aliphatic carbocycles. The molecule has 1 fully saturated rings. The van der Waals surface area contributed by atoms with Gasteiger partial charge in [-0.1, -0.05) is 23.2 Å². The zero-order chi connectivity index (χ0) is 25.2. The van der Waals surface area contributed by atoms with Crippen LogP contribution in [0.1, 0.15) is 16.1 Å². The molecule has 0 bridgehead atoms. The standard InChI is InChI=1S/C23H20Cl2F3N5O2/c24-17-5-3-14(12-16(17)23(26,27)28)30-22(35)31-19-6-4-15(13-18(19)25)32-8-10-33(11-9-32)21(34)20-2-1-7-29-20/h1-7,12-13,29H,8-11H2,(H2,30,31,35). The minimum absolute atomic E-state index is 0.0544. The molecule has 12 heteroatoms. The fourth-order valence-electron chi connectivity index (χ4n) is 3.71. The van der Waals surface area contributed by atoms with Crippen LogP contribution in [0.2, 0.25) is 10.0 Å². The fraction of sp³-hybridized carbons (Fsp3) is 0.217. The molecule has 3 aromatic rings. The van der Waals surface area contributed by atoms with Crippen LogP contribution in [0.15, 0.2) is 54.7 Å². The number of rotatable bonds is 4. The molecule has 2 heterocycles. The molecule has 0 atom stereocenters. The average Bonchev–Trinajstić information content (AvgIpc) is 3.35. The van der Waals surface area contributed by atoms with Gasteiger partial charge in [-0.05, 0) is 48.5 Å². The molecule has 184 valence electrons. The summed E-state index contributed by atoms with van der Waals surface area (Å²) in [5, 5.41) is 4.67. The highest BCUT2D eigenvalue weighted by molar-refractivity contribution is 6.34. The van der Waals surface area contributed by atoms with Gasteiger partial charge < -0.3 is 25.4 Å². The summed E-state index contributed by atoms with van der Waals surface area (Å²) >= 11 is 11.9. The Kier molecular flexibility index (Phi) is 7.13. The Labute approximate surface area is 208 Å². The summed E-state index contributed by atoms with van der Waals surface area (Å²) in [6, 6.07) is 10.9. The van der Waals surface area contributed by atoms with Crippen LogP contribution in [0, 0.1) is 0 Å². The van der Waals surface area contributed by atoms with E-state index < -0.39 is 22.8 Å². The zero-order valence-corrected chi connectivity index (χ0v) is 19.6. The van der Waals surface area contributed by atoms with Crippen molar-refractivity contribution in [1.29, 1.82) is 0 Å². The molecule has 3 amide bonds. The van der Waals surface area contributed by atoms with Crippen molar-refractivity contribution in [2.45, 2.75) is 6.18 Å². The summed E-state index contributed by atoms with van der Waals surface area (Å²) in [5.74, 6) is -0.0544. The number of urea groups is 1. The third kappa shape index (κ3) is 5.83. The Morgan fingerprint density at radius 1 is 0.914 bits per heavy atom. The molecule has 4 rings (SSSR count). The number of alkyl halides is 3. The summed E-state index contributed by atoms with van der Waals surface area (Å²) in [6.45, 7) is 2.29. The number of carbonyl (C=O) groups is 2. The summed E-state index contributed by atoms with van der Waals surface area (Å²) in [7, 11) is 0. The number of hydrogen-bond acceptors (Lipinski definition) is 3. The van der Waals surface area contributed by atoms with Gasteiger partial charge in [0.1, 0.15) is 5.69 Å².